The van der Waals surface area contributed by atoms with Crippen LogP contribution < -0.4 is 10.1 Å². The van der Waals surface area contributed by atoms with Gasteiger partial charge in [0.05, 0.1) is 12.0 Å². The van der Waals surface area contributed by atoms with Crippen molar-refractivity contribution < 1.29 is 27.9 Å². The first-order chi connectivity index (χ1) is 12.3. The number of carboxylic acids is 1. The molecule has 144 valence electrons. The van der Waals surface area contributed by atoms with Crippen LogP contribution in [-0.2, 0) is 26.2 Å². The van der Waals surface area contributed by atoms with Gasteiger partial charge in [-0.2, -0.15) is 4.31 Å². The van der Waals surface area contributed by atoms with Gasteiger partial charge in [-0.15, -0.1) is 0 Å². The van der Waals surface area contributed by atoms with Crippen molar-refractivity contribution in [2.24, 2.45) is 0 Å². The Morgan fingerprint density at radius 1 is 1.35 bits per heavy atom. The molecule has 0 saturated carbocycles. The third kappa shape index (κ3) is 4.34. The number of benzene rings is 1. The van der Waals surface area contributed by atoms with E-state index in [1.54, 1.807) is 6.92 Å². The smallest absolute Gasteiger partial charge is 0.322 e. The Morgan fingerprint density at radius 2 is 2.08 bits per heavy atom. The Morgan fingerprint density at radius 3 is 2.69 bits per heavy atom. The lowest BCUT2D eigenvalue weighted by Gasteiger charge is -2.32. The largest absolute Gasteiger partial charge is 0.496 e. The van der Waals surface area contributed by atoms with Gasteiger partial charge in [0, 0.05) is 25.1 Å². The van der Waals surface area contributed by atoms with Crippen LogP contribution >= 0.6 is 0 Å². The summed E-state index contributed by atoms with van der Waals surface area (Å²) in [5.41, 5.74) is 0.513. The van der Waals surface area contributed by atoms with Gasteiger partial charge in [-0.25, -0.2) is 8.42 Å². The molecule has 1 aliphatic heterocycles. The van der Waals surface area contributed by atoms with Gasteiger partial charge in [0.15, 0.2) is 0 Å². The van der Waals surface area contributed by atoms with Crippen LogP contribution in [0.4, 0.5) is 0 Å². The van der Waals surface area contributed by atoms with E-state index in [9.17, 15) is 23.1 Å². The molecule has 1 heterocycles. The molecular weight excluding hydrogens is 360 g/mol. The fraction of sp³-hybridized carbons (Fsp3) is 0.529. The maximum atomic E-state index is 13.0. The summed E-state index contributed by atoms with van der Waals surface area (Å²) in [6.07, 6.45) is 1.91. The summed E-state index contributed by atoms with van der Waals surface area (Å²) in [5.74, 6) is -0.853. The van der Waals surface area contributed by atoms with E-state index in [1.807, 2.05) is 0 Å². The number of piperidine rings is 1. The van der Waals surface area contributed by atoms with Crippen molar-refractivity contribution in [3.8, 4) is 5.75 Å². The van der Waals surface area contributed by atoms with Gasteiger partial charge in [-0.3, -0.25) is 9.59 Å². The average molecular weight is 384 g/mol. The zero-order valence-corrected chi connectivity index (χ0v) is 15.7. The minimum absolute atomic E-state index is 0.00722. The molecule has 1 fully saturated rings. The molecule has 0 aliphatic carbocycles. The van der Waals surface area contributed by atoms with Crippen LogP contribution in [0.15, 0.2) is 23.1 Å². The van der Waals surface area contributed by atoms with Crippen molar-refractivity contribution in [1.29, 1.82) is 0 Å². The lowest BCUT2D eigenvalue weighted by Crippen LogP contribution is -2.47. The highest BCUT2D eigenvalue weighted by atomic mass is 32.2. The molecular formula is C17H24N2O6S. The summed E-state index contributed by atoms with van der Waals surface area (Å²) in [6, 6.07) is 3.28. The van der Waals surface area contributed by atoms with E-state index in [-0.39, 0.29) is 23.9 Å². The number of carboxylic acid groups (broad SMARTS) is 1. The average Bonchev–Trinajstić information content (AvgIpc) is 2.65. The van der Waals surface area contributed by atoms with Gasteiger partial charge in [-0.1, -0.05) is 6.92 Å². The molecule has 1 aromatic rings. The summed E-state index contributed by atoms with van der Waals surface area (Å²) in [5, 5.41) is 12.0. The number of rotatable bonds is 7. The Balaban J connectivity index is 2.36. The lowest BCUT2D eigenvalue weighted by atomic mass is 10.1. The summed E-state index contributed by atoms with van der Waals surface area (Å²) < 4.78 is 32.2. The van der Waals surface area contributed by atoms with Gasteiger partial charge < -0.3 is 15.2 Å². The van der Waals surface area contributed by atoms with Crippen molar-refractivity contribution >= 4 is 21.9 Å². The Bertz CT molecular complexity index is 777. The van der Waals surface area contributed by atoms with Gasteiger partial charge in [0.1, 0.15) is 11.8 Å². The van der Waals surface area contributed by atoms with Crippen molar-refractivity contribution in [2.75, 3.05) is 13.7 Å². The lowest BCUT2D eigenvalue weighted by molar-refractivity contribution is -0.142. The van der Waals surface area contributed by atoms with Crippen LogP contribution in [0.25, 0.3) is 0 Å². The second-order valence-electron chi connectivity index (χ2n) is 6.07. The number of ether oxygens (including phenoxy) is 1. The molecule has 0 spiro atoms. The van der Waals surface area contributed by atoms with Crippen LogP contribution in [-0.4, -0.2) is 49.4 Å². The molecule has 2 N–H and O–H groups in total. The predicted octanol–water partition coefficient (Wildman–Crippen LogP) is 1.35. The summed E-state index contributed by atoms with van der Waals surface area (Å²) in [7, 11) is -2.51. The number of amides is 1. The van der Waals surface area contributed by atoms with Crippen LogP contribution in [0, 0.1) is 0 Å². The third-order valence-corrected chi connectivity index (χ3v) is 6.30. The molecule has 0 bridgehead atoms. The summed E-state index contributed by atoms with van der Waals surface area (Å²) in [4.78, 5) is 22.9. The second kappa shape index (κ2) is 8.50. The number of carbonyl (C=O) groups is 2. The first-order valence-electron chi connectivity index (χ1n) is 8.49. The van der Waals surface area contributed by atoms with Gasteiger partial charge in [-0.05, 0) is 37.5 Å². The van der Waals surface area contributed by atoms with Crippen LogP contribution in [0.5, 0.6) is 5.75 Å². The highest BCUT2D eigenvalue weighted by Crippen LogP contribution is 2.29. The molecule has 0 radical (unpaired) electrons. The monoisotopic (exact) mass is 384 g/mol. The van der Waals surface area contributed by atoms with E-state index < -0.39 is 22.0 Å². The number of methoxy groups -OCH3 is 1. The molecule has 1 aliphatic rings. The van der Waals surface area contributed by atoms with Crippen LogP contribution in [0.1, 0.15) is 38.2 Å². The van der Waals surface area contributed by atoms with E-state index in [0.717, 1.165) is 4.31 Å². The van der Waals surface area contributed by atoms with Crippen molar-refractivity contribution in [2.45, 2.75) is 50.1 Å². The Kier molecular flexibility index (Phi) is 6.60. The number of nitrogens with one attached hydrogen (secondary N) is 1. The van der Waals surface area contributed by atoms with E-state index in [2.05, 4.69) is 5.32 Å². The maximum Gasteiger partial charge on any atom is 0.322 e. The topological polar surface area (TPSA) is 113 Å². The third-order valence-electron chi connectivity index (χ3n) is 4.39. The minimum Gasteiger partial charge on any atom is -0.496 e. The molecule has 26 heavy (non-hydrogen) atoms. The number of nitrogens with zero attached hydrogens (tertiary/aromatic N) is 1. The molecule has 1 unspecified atom stereocenters. The molecule has 1 atom stereocenters. The van der Waals surface area contributed by atoms with Crippen molar-refractivity contribution in [1.82, 2.24) is 9.62 Å². The van der Waals surface area contributed by atoms with Crippen molar-refractivity contribution in [3.63, 3.8) is 0 Å². The fourth-order valence-corrected chi connectivity index (χ4v) is 4.65. The Labute approximate surface area is 153 Å². The molecule has 2 rings (SSSR count). The number of sulfonamides is 1. The highest BCUT2D eigenvalue weighted by Gasteiger charge is 2.37. The molecule has 0 aromatic heterocycles. The van der Waals surface area contributed by atoms with E-state index in [1.165, 1.54) is 25.3 Å². The van der Waals surface area contributed by atoms with Crippen LogP contribution in [0.3, 0.4) is 0 Å². The predicted molar refractivity (Wildman–Crippen MR) is 94.3 cm³/mol. The molecule has 1 aromatic carbocycles. The fourth-order valence-electron chi connectivity index (χ4n) is 2.95. The summed E-state index contributed by atoms with van der Waals surface area (Å²) >= 11 is 0. The maximum absolute atomic E-state index is 13.0. The number of carbonyl (C=O) groups excluding carboxylic acids is 1. The number of aliphatic carboxylic acids is 1. The van der Waals surface area contributed by atoms with Gasteiger partial charge in [0.2, 0.25) is 15.9 Å². The normalized spacial score (nSPS) is 18.3. The zero-order valence-electron chi connectivity index (χ0n) is 14.9. The van der Waals surface area contributed by atoms with E-state index in [4.69, 9.17) is 4.74 Å². The Hall–Kier alpha value is -2.13. The first kappa shape index (κ1) is 20.2. The quantitative estimate of drug-likeness (QED) is 0.734. The summed E-state index contributed by atoms with van der Waals surface area (Å²) in [6.45, 7) is 2.02. The second-order valence-corrected chi connectivity index (χ2v) is 7.96. The standard InChI is InChI=1S/C17H24N2O6S/c1-3-16(20)18-11-12-10-13(7-8-15(12)25-2)26(23,24)19-9-5-4-6-14(19)17(21)22/h7-8,10,14H,3-6,9,11H2,1-2H3,(H,18,20)(H,21,22). The minimum atomic E-state index is -3.96. The zero-order chi connectivity index (χ0) is 19.3. The highest BCUT2D eigenvalue weighted by molar-refractivity contribution is 7.89. The van der Waals surface area contributed by atoms with Gasteiger partial charge >= 0.3 is 5.97 Å². The van der Waals surface area contributed by atoms with Gasteiger partial charge in [0.25, 0.3) is 0 Å². The van der Waals surface area contributed by atoms with E-state index in [0.29, 0.717) is 37.0 Å². The number of hydrogen-bond donors (Lipinski definition) is 2. The molecule has 8 nitrogen and oxygen atoms in total. The molecule has 9 heteroatoms. The van der Waals surface area contributed by atoms with Crippen molar-refractivity contribution in [3.05, 3.63) is 23.8 Å². The first-order valence-corrected chi connectivity index (χ1v) is 9.93. The molecule has 1 amide bonds. The van der Waals surface area contributed by atoms with E-state index >= 15 is 0 Å². The van der Waals surface area contributed by atoms with Crippen LogP contribution in [0.2, 0.25) is 0 Å². The molecule has 1 saturated heterocycles. The SMILES string of the molecule is CCC(=O)NCc1cc(S(=O)(=O)N2CCCCC2C(=O)O)ccc1OC. The number of hydrogen-bond acceptors (Lipinski definition) is 5.